The average Bonchev–Trinajstić information content (AvgIpc) is 2.93. The van der Waals surface area contributed by atoms with Gasteiger partial charge in [0.2, 0.25) is 0 Å². The van der Waals surface area contributed by atoms with Gasteiger partial charge in [-0.25, -0.2) is 0 Å². The maximum atomic E-state index is 12.0. The lowest BCUT2D eigenvalue weighted by Gasteiger charge is -2.61. The maximum Gasteiger partial charge on any atom is 0.155 e. The number of hydrogen-bond acceptors (Lipinski definition) is 2. The summed E-state index contributed by atoms with van der Waals surface area (Å²) in [5.41, 5.74) is 3.25. The third-order valence-electron chi connectivity index (χ3n) is 9.89. The maximum absolute atomic E-state index is 12.0. The van der Waals surface area contributed by atoms with E-state index in [9.17, 15) is 4.79 Å². The predicted molar refractivity (Wildman–Crippen MR) is 120 cm³/mol. The number of carbonyl (C=O) groups excluding carboxylic acids is 1. The smallest absolute Gasteiger partial charge is 0.155 e. The third kappa shape index (κ3) is 3.03. The van der Waals surface area contributed by atoms with Gasteiger partial charge in [0, 0.05) is 18.4 Å². The first-order valence-corrected chi connectivity index (χ1v) is 12.4. The van der Waals surface area contributed by atoms with Crippen molar-refractivity contribution in [2.75, 3.05) is 6.61 Å². The highest BCUT2D eigenvalue weighted by molar-refractivity contribution is 5.91. The summed E-state index contributed by atoms with van der Waals surface area (Å²) in [5, 5.41) is 0. The van der Waals surface area contributed by atoms with Crippen LogP contribution in [0.3, 0.4) is 0 Å². The molecule has 3 saturated carbocycles. The molecule has 4 rings (SSSR count). The first kappa shape index (κ1) is 21.3. The van der Waals surface area contributed by atoms with Crippen LogP contribution in [0, 0.1) is 28.6 Å². The number of rotatable bonds is 6. The molecule has 0 amide bonds. The van der Waals surface area contributed by atoms with Crippen LogP contribution in [0.5, 0.6) is 0 Å². The Balaban J connectivity index is 1.63. The molecule has 0 bridgehead atoms. The molecule has 29 heavy (non-hydrogen) atoms. The van der Waals surface area contributed by atoms with Gasteiger partial charge in [-0.05, 0) is 86.2 Å². The van der Waals surface area contributed by atoms with Crippen molar-refractivity contribution in [3.8, 4) is 0 Å². The van der Waals surface area contributed by atoms with Crippen LogP contribution in [0.1, 0.15) is 98.3 Å². The molecule has 4 aliphatic rings. The number of carbonyl (C=O) groups is 1. The predicted octanol–water partition coefficient (Wildman–Crippen LogP) is 7.04. The molecular formula is C27H42O2. The lowest BCUT2D eigenvalue weighted by atomic mass is 9.44. The number of ketones is 1. The van der Waals surface area contributed by atoms with Crippen LogP contribution < -0.4 is 0 Å². The standard InChI is InChI=1S/C27H42O2/c1-6-8-9-16-29-27(7-2)19(3)17-24-25(4)14-12-20-18-21(28)10-11-22(20)23(25)13-15-26(24,27)5/h18,22-24H,3,6-17H2,1-2,4-5H3/t22-,23+,24-,25?,26-,27+/m0/s1. The van der Waals surface area contributed by atoms with Gasteiger partial charge in [-0.1, -0.05) is 52.7 Å². The van der Waals surface area contributed by atoms with Gasteiger partial charge >= 0.3 is 0 Å². The second-order valence-corrected chi connectivity index (χ2v) is 11.0. The summed E-state index contributed by atoms with van der Waals surface area (Å²) in [6, 6.07) is 0. The highest BCUT2D eigenvalue weighted by Gasteiger charge is 2.67. The second kappa shape index (κ2) is 7.66. The monoisotopic (exact) mass is 398 g/mol. The molecule has 0 saturated heterocycles. The quantitative estimate of drug-likeness (QED) is 0.354. The van der Waals surface area contributed by atoms with Gasteiger partial charge in [-0.3, -0.25) is 4.79 Å². The summed E-state index contributed by atoms with van der Waals surface area (Å²) >= 11 is 0. The van der Waals surface area contributed by atoms with Crippen molar-refractivity contribution in [1.29, 1.82) is 0 Å². The second-order valence-electron chi connectivity index (χ2n) is 11.0. The minimum Gasteiger partial charge on any atom is -0.370 e. The fourth-order valence-corrected chi connectivity index (χ4v) is 8.34. The molecule has 0 aromatic carbocycles. The van der Waals surface area contributed by atoms with Gasteiger partial charge in [0.15, 0.2) is 5.78 Å². The van der Waals surface area contributed by atoms with E-state index in [2.05, 4.69) is 34.3 Å². The lowest BCUT2D eigenvalue weighted by molar-refractivity contribution is -0.167. The first-order valence-electron chi connectivity index (χ1n) is 12.4. The van der Waals surface area contributed by atoms with Crippen LogP contribution in [0.2, 0.25) is 0 Å². The highest BCUT2D eigenvalue weighted by Crippen LogP contribution is 2.72. The van der Waals surface area contributed by atoms with Crippen LogP contribution >= 0.6 is 0 Å². The molecule has 0 spiro atoms. The zero-order valence-electron chi connectivity index (χ0n) is 19.3. The lowest BCUT2D eigenvalue weighted by Crippen LogP contribution is -2.57. The van der Waals surface area contributed by atoms with E-state index in [0.29, 0.717) is 23.0 Å². The molecular weight excluding hydrogens is 356 g/mol. The summed E-state index contributed by atoms with van der Waals surface area (Å²) < 4.78 is 6.82. The summed E-state index contributed by atoms with van der Waals surface area (Å²) in [6.45, 7) is 15.2. The van der Waals surface area contributed by atoms with Gasteiger partial charge in [-0.2, -0.15) is 0 Å². The fraction of sp³-hybridized carbons (Fsp3) is 0.815. The van der Waals surface area contributed by atoms with E-state index in [-0.39, 0.29) is 11.0 Å². The minimum atomic E-state index is -0.141. The van der Waals surface area contributed by atoms with Crippen molar-refractivity contribution in [1.82, 2.24) is 0 Å². The number of hydrogen-bond donors (Lipinski definition) is 0. The van der Waals surface area contributed by atoms with Crippen molar-refractivity contribution < 1.29 is 9.53 Å². The van der Waals surface area contributed by atoms with Crippen LogP contribution in [-0.2, 0) is 9.53 Å². The van der Waals surface area contributed by atoms with Gasteiger partial charge in [0.1, 0.15) is 0 Å². The van der Waals surface area contributed by atoms with E-state index >= 15 is 0 Å². The van der Waals surface area contributed by atoms with Crippen molar-refractivity contribution >= 4 is 5.78 Å². The molecule has 2 nitrogen and oxygen atoms in total. The van der Waals surface area contributed by atoms with E-state index in [4.69, 9.17) is 4.74 Å². The highest BCUT2D eigenvalue weighted by atomic mass is 16.5. The molecule has 3 fully saturated rings. The Kier molecular flexibility index (Phi) is 5.64. The average molecular weight is 399 g/mol. The normalized spacial score (nSPS) is 44.1. The summed E-state index contributed by atoms with van der Waals surface area (Å²) in [5.74, 6) is 2.40. The Morgan fingerprint density at radius 2 is 1.93 bits per heavy atom. The zero-order chi connectivity index (χ0) is 20.9. The largest absolute Gasteiger partial charge is 0.370 e. The number of allylic oxidation sites excluding steroid dienone is 1. The van der Waals surface area contributed by atoms with E-state index in [1.165, 1.54) is 43.3 Å². The van der Waals surface area contributed by atoms with Gasteiger partial charge < -0.3 is 4.74 Å². The molecule has 0 aliphatic heterocycles. The Morgan fingerprint density at radius 1 is 1.14 bits per heavy atom. The summed E-state index contributed by atoms with van der Waals surface area (Å²) in [4.78, 5) is 12.0. The summed E-state index contributed by atoms with van der Waals surface area (Å²) in [6.07, 6.45) is 14.6. The molecule has 162 valence electrons. The SMILES string of the molecule is C=C1C[C@H]2C3(C)CCC4=CC(=O)CC[C@@H]4[C@H]3CC[C@]2(C)[C@]1(CC)OCCCCC. The topological polar surface area (TPSA) is 26.3 Å². The van der Waals surface area contributed by atoms with E-state index in [1.54, 1.807) is 0 Å². The molecule has 6 atom stereocenters. The first-order chi connectivity index (χ1) is 13.8. The molecule has 2 heteroatoms. The van der Waals surface area contributed by atoms with Crippen molar-refractivity contribution in [3.63, 3.8) is 0 Å². The zero-order valence-corrected chi connectivity index (χ0v) is 19.3. The van der Waals surface area contributed by atoms with Crippen LogP contribution in [0.4, 0.5) is 0 Å². The Bertz CT molecular complexity index is 705. The van der Waals surface area contributed by atoms with Crippen molar-refractivity contribution in [2.45, 2.75) is 104 Å². The van der Waals surface area contributed by atoms with Crippen LogP contribution in [0.15, 0.2) is 23.8 Å². The number of unbranched alkanes of at least 4 members (excludes halogenated alkanes) is 2. The molecule has 0 heterocycles. The number of fused-ring (bicyclic) bond motifs is 5. The van der Waals surface area contributed by atoms with Crippen molar-refractivity contribution in [2.24, 2.45) is 28.6 Å². The molecule has 0 N–H and O–H groups in total. The summed E-state index contributed by atoms with van der Waals surface area (Å²) in [7, 11) is 0. The number of ether oxygens (including phenoxy) is 1. The van der Waals surface area contributed by atoms with Gasteiger partial charge in [-0.15, -0.1) is 0 Å². The van der Waals surface area contributed by atoms with E-state index < -0.39 is 0 Å². The molecule has 0 aromatic heterocycles. The molecule has 0 radical (unpaired) electrons. The van der Waals surface area contributed by atoms with Gasteiger partial charge in [0.25, 0.3) is 0 Å². The van der Waals surface area contributed by atoms with Gasteiger partial charge in [0.05, 0.1) is 5.60 Å². The molecule has 4 aliphatic carbocycles. The molecule has 0 aromatic rings. The van der Waals surface area contributed by atoms with Crippen LogP contribution in [-0.4, -0.2) is 18.0 Å². The van der Waals surface area contributed by atoms with Crippen LogP contribution in [0.25, 0.3) is 0 Å². The van der Waals surface area contributed by atoms with E-state index in [0.717, 1.165) is 51.0 Å². The minimum absolute atomic E-state index is 0.141. The Hall–Kier alpha value is -0.890. The third-order valence-corrected chi connectivity index (χ3v) is 9.89. The molecule has 1 unspecified atom stereocenters. The van der Waals surface area contributed by atoms with E-state index in [1.807, 2.05) is 6.08 Å². The Labute approximate surface area is 178 Å². The van der Waals surface area contributed by atoms with Crippen molar-refractivity contribution in [3.05, 3.63) is 23.8 Å². The Morgan fingerprint density at radius 3 is 2.66 bits per heavy atom. The fourth-order valence-electron chi connectivity index (χ4n) is 8.34.